The highest BCUT2D eigenvalue weighted by molar-refractivity contribution is 6.14. The number of fused-ring (bicyclic) bond motifs is 1. The normalized spacial score (nSPS) is 10.7. The summed E-state index contributed by atoms with van der Waals surface area (Å²) >= 11 is 0. The Morgan fingerprint density at radius 3 is 2.22 bits per heavy atom. The van der Waals surface area contributed by atoms with Gasteiger partial charge in [0.25, 0.3) is 11.8 Å². The molecule has 204 valence electrons. The Morgan fingerprint density at radius 2 is 1.41 bits per heavy atom. The number of para-hydroxylation sites is 2. The number of carbonyl (C=O) groups is 3. The van der Waals surface area contributed by atoms with Crippen molar-refractivity contribution in [2.45, 2.75) is 0 Å². The average Bonchev–Trinajstić information content (AvgIpc) is 3.00. The second kappa shape index (κ2) is 11.7. The molecule has 0 fully saturated rings. The summed E-state index contributed by atoms with van der Waals surface area (Å²) < 4.78 is 45.4. The number of rotatable bonds is 7. The average molecular weight is 556 g/mol. The minimum atomic E-state index is -1.75. The summed E-state index contributed by atoms with van der Waals surface area (Å²) in [6, 6.07) is 25.7. The molecule has 0 saturated carbocycles. The summed E-state index contributed by atoms with van der Waals surface area (Å²) in [5, 5.41) is 5.35. The number of carbonyl (C=O) groups excluding carboxylic acids is 3. The number of halogens is 3. The number of nitrogens with one attached hydrogen (secondary N) is 2. The largest absolute Gasteiger partial charge is 0.452 e. The molecule has 0 aliphatic rings. The van der Waals surface area contributed by atoms with Crippen LogP contribution in [0, 0.1) is 17.5 Å². The molecule has 2 N–H and O–H groups in total. The van der Waals surface area contributed by atoms with E-state index >= 15 is 0 Å². The van der Waals surface area contributed by atoms with Crippen LogP contribution in [0.4, 0.5) is 24.5 Å². The van der Waals surface area contributed by atoms with Crippen LogP contribution in [0.15, 0.2) is 97.1 Å². The molecule has 0 spiro atoms. The number of benzene rings is 4. The molecule has 0 saturated heterocycles. The molecular formula is C31H20F3N3O4. The summed E-state index contributed by atoms with van der Waals surface area (Å²) in [6.45, 7) is -0.852. The fraction of sp³-hybridized carbons (Fsp3) is 0.0323. The van der Waals surface area contributed by atoms with Gasteiger partial charge in [0.15, 0.2) is 24.1 Å². The molecule has 7 nitrogen and oxygen atoms in total. The predicted molar refractivity (Wildman–Crippen MR) is 147 cm³/mol. The number of pyridine rings is 1. The topological polar surface area (TPSA) is 97.4 Å². The fourth-order valence-electron chi connectivity index (χ4n) is 4.10. The summed E-state index contributed by atoms with van der Waals surface area (Å²) in [5.41, 5.74) is 1.80. The third-order valence-electron chi connectivity index (χ3n) is 6.07. The van der Waals surface area contributed by atoms with E-state index in [-0.39, 0.29) is 11.3 Å². The van der Waals surface area contributed by atoms with Crippen LogP contribution in [0.3, 0.4) is 0 Å². The summed E-state index contributed by atoms with van der Waals surface area (Å²) in [4.78, 5) is 43.1. The van der Waals surface area contributed by atoms with E-state index in [2.05, 4.69) is 10.3 Å². The Labute approximate surface area is 231 Å². The molecule has 1 aromatic heterocycles. The Hall–Kier alpha value is -5.51. The molecule has 5 rings (SSSR count). The minimum Gasteiger partial charge on any atom is -0.452 e. The molecule has 4 aromatic carbocycles. The molecule has 10 heteroatoms. The lowest BCUT2D eigenvalue weighted by atomic mass is 10.0. The Morgan fingerprint density at radius 1 is 0.707 bits per heavy atom. The van der Waals surface area contributed by atoms with Crippen molar-refractivity contribution in [1.82, 2.24) is 4.98 Å². The number of hydrogen-bond acceptors (Lipinski definition) is 5. The maximum absolute atomic E-state index is 13.8. The van der Waals surface area contributed by atoms with Crippen molar-refractivity contribution in [3.63, 3.8) is 0 Å². The second-order valence-electron chi connectivity index (χ2n) is 8.79. The van der Waals surface area contributed by atoms with Crippen LogP contribution in [0.1, 0.15) is 20.7 Å². The van der Waals surface area contributed by atoms with Gasteiger partial charge in [-0.2, -0.15) is 0 Å². The van der Waals surface area contributed by atoms with Gasteiger partial charge in [0, 0.05) is 10.9 Å². The van der Waals surface area contributed by atoms with Crippen LogP contribution < -0.4 is 10.6 Å². The molecule has 0 bridgehead atoms. The predicted octanol–water partition coefficient (Wildman–Crippen LogP) is 6.37. The Kier molecular flexibility index (Phi) is 7.73. The molecule has 0 aliphatic carbocycles. The van der Waals surface area contributed by atoms with Gasteiger partial charge in [-0.15, -0.1) is 0 Å². The molecule has 0 atom stereocenters. The molecule has 0 radical (unpaired) electrons. The standard InChI is InChI=1S/C31H20F3N3O4/c32-22-14-15-25(29(34)28(22)33)36-27(38)17-41-31(40)20-11-5-7-13-24(20)37-30(39)21-16-26(18-8-2-1-3-9-18)35-23-12-6-4-10-19(21)23/h1-16H,17H2,(H,36,38)(H,37,39). The maximum Gasteiger partial charge on any atom is 0.340 e. The van der Waals surface area contributed by atoms with Gasteiger partial charge < -0.3 is 15.4 Å². The molecular weight excluding hydrogens is 535 g/mol. The molecule has 2 amide bonds. The van der Waals surface area contributed by atoms with Crippen molar-refractivity contribution in [2.24, 2.45) is 0 Å². The first-order chi connectivity index (χ1) is 19.8. The van der Waals surface area contributed by atoms with Gasteiger partial charge in [0.2, 0.25) is 0 Å². The van der Waals surface area contributed by atoms with E-state index in [9.17, 15) is 27.6 Å². The van der Waals surface area contributed by atoms with Gasteiger partial charge in [-0.25, -0.2) is 22.9 Å². The number of nitrogens with zero attached hydrogens (tertiary/aromatic N) is 1. The Bertz CT molecular complexity index is 1800. The van der Waals surface area contributed by atoms with Crippen molar-refractivity contribution in [3.05, 3.63) is 126 Å². The molecule has 0 unspecified atom stereocenters. The van der Waals surface area contributed by atoms with Gasteiger partial charge in [-0.3, -0.25) is 9.59 Å². The monoisotopic (exact) mass is 555 g/mol. The van der Waals surface area contributed by atoms with Crippen LogP contribution >= 0.6 is 0 Å². The zero-order chi connectivity index (χ0) is 28.9. The smallest absolute Gasteiger partial charge is 0.340 e. The summed E-state index contributed by atoms with van der Waals surface area (Å²) in [6.07, 6.45) is 0. The first kappa shape index (κ1) is 27.1. The molecule has 0 aliphatic heterocycles. The second-order valence-corrected chi connectivity index (χ2v) is 8.79. The lowest BCUT2D eigenvalue weighted by Gasteiger charge is -2.13. The lowest BCUT2D eigenvalue weighted by Crippen LogP contribution is -2.22. The van der Waals surface area contributed by atoms with Crippen molar-refractivity contribution >= 4 is 40.1 Å². The van der Waals surface area contributed by atoms with Crippen LogP contribution in [0.25, 0.3) is 22.2 Å². The van der Waals surface area contributed by atoms with E-state index in [0.717, 1.165) is 11.6 Å². The Balaban J connectivity index is 1.34. The van der Waals surface area contributed by atoms with Crippen molar-refractivity contribution in [1.29, 1.82) is 0 Å². The van der Waals surface area contributed by atoms with E-state index in [1.54, 1.807) is 36.4 Å². The summed E-state index contributed by atoms with van der Waals surface area (Å²) in [5.74, 6) is -7.19. The zero-order valence-corrected chi connectivity index (χ0v) is 21.2. The van der Waals surface area contributed by atoms with Gasteiger partial charge in [-0.1, -0.05) is 60.7 Å². The first-order valence-electron chi connectivity index (χ1n) is 12.3. The van der Waals surface area contributed by atoms with Crippen LogP contribution in [0.2, 0.25) is 0 Å². The number of amides is 2. The van der Waals surface area contributed by atoms with E-state index < -0.39 is 47.5 Å². The number of hydrogen-bond donors (Lipinski definition) is 2. The number of anilines is 2. The van der Waals surface area contributed by atoms with Gasteiger partial charge in [0.05, 0.1) is 33.7 Å². The van der Waals surface area contributed by atoms with Gasteiger partial charge in [-0.05, 0) is 36.4 Å². The summed E-state index contributed by atoms with van der Waals surface area (Å²) in [7, 11) is 0. The van der Waals surface area contributed by atoms with Crippen molar-refractivity contribution in [2.75, 3.05) is 17.2 Å². The quantitative estimate of drug-likeness (QED) is 0.180. The highest BCUT2D eigenvalue weighted by Crippen LogP contribution is 2.26. The number of esters is 1. The van der Waals surface area contributed by atoms with Crippen LogP contribution in [-0.4, -0.2) is 29.4 Å². The van der Waals surface area contributed by atoms with Crippen LogP contribution in [-0.2, 0) is 9.53 Å². The van der Waals surface area contributed by atoms with Gasteiger partial charge >= 0.3 is 5.97 Å². The molecule has 1 heterocycles. The number of ether oxygens (including phenoxy) is 1. The molecule has 5 aromatic rings. The van der Waals surface area contributed by atoms with E-state index in [1.807, 2.05) is 41.7 Å². The number of aromatic nitrogens is 1. The molecule has 41 heavy (non-hydrogen) atoms. The van der Waals surface area contributed by atoms with Crippen molar-refractivity contribution in [3.8, 4) is 11.3 Å². The van der Waals surface area contributed by atoms with Crippen LogP contribution in [0.5, 0.6) is 0 Å². The SMILES string of the molecule is O=C(COC(=O)c1ccccc1NC(=O)c1cc(-c2ccccc2)nc2ccccc12)Nc1ccc(F)c(F)c1F. The lowest BCUT2D eigenvalue weighted by molar-refractivity contribution is -0.119. The zero-order valence-electron chi connectivity index (χ0n) is 21.2. The van der Waals surface area contributed by atoms with E-state index in [4.69, 9.17) is 4.74 Å². The maximum atomic E-state index is 13.8. The van der Waals surface area contributed by atoms with E-state index in [1.165, 1.54) is 12.1 Å². The fourth-order valence-corrected chi connectivity index (χ4v) is 4.10. The highest BCUT2D eigenvalue weighted by Gasteiger charge is 2.20. The third kappa shape index (κ3) is 5.91. The minimum absolute atomic E-state index is 0.0469. The first-order valence-corrected chi connectivity index (χ1v) is 12.3. The third-order valence-corrected chi connectivity index (χ3v) is 6.07. The van der Waals surface area contributed by atoms with E-state index in [0.29, 0.717) is 28.2 Å². The highest BCUT2D eigenvalue weighted by atomic mass is 19.2. The van der Waals surface area contributed by atoms with Gasteiger partial charge in [0.1, 0.15) is 0 Å². The van der Waals surface area contributed by atoms with Crippen molar-refractivity contribution < 1.29 is 32.3 Å².